The second-order valence-electron chi connectivity index (χ2n) is 5.55. The Morgan fingerprint density at radius 3 is 2.80 bits per heavy atom. The summed E-state index contributed by atoms with van der Waals surface area (Å²) < 4.78 is 38.5. The second kappa shape index (κ2) is 7.81. The van der Waals surface area contributed by atoms with Crippen molar-refractivity contribution >= 4 is 15.9 Å². The molecule has 2 aromatic heterocycles. The lowest BCUT2D eigenvalue weighted by molar-refractivity contribution is 0.0722. The number of hydrogen-bond donors (Lipinski definition) is 1. The number of nitrogens with one attached hydrogen (secondary N) is 1. The molecule has 0 aliphatic carbocycles. The van der Waals surface area contributed by atoms with Gasteiger partial charge in [0.25, 0.3) is 15.9 Å². The molecule has 9 nitrogen and oxygen atoms in total. The van der Waals surface area contributed by atoms with Crippen LogP contribution in [0.5, 0.6) is 0 Å². The third kappa shape index (κ3) is 4.27. The van der Waals surface area contributed by atoms with Crippen LogP contribution in [0.3, 0.4) is 0 Å². The number of imidazole rings is 1. The minimum atomic E-state index is -3.73. The lowest BCUT2D eigenvalue weighted by Gasteiger charge is -2.24. The number of carbonyl (C=O) groups excluding carboxylic acids is 1. The molecular formula is C15H20N4O5S. The zero-order valence-corrected chi connectivity index (χ0v) is 14.4. The van der Waals surface area contributed by atoms with Crippen molar-refractivity contribution in [2.45, 2.75) is 18.1 Å². The van der Waals surface area contributed by atoms with Gasteiger partial charge < -0.3 is 19.0 Å². The Morgan fingerprint density at radius 2 is 2.08 bits per heavy atom. The highest BCUT2D eigenvalue weighted by Crippen LogP contribution is 2.19. The van der Waals surface area contributed by atoms with Gasteiger partial charge in [0, 0.05) is 38.6 Å². The highest BCUT2D eigenvalue weighted by molar-refractivity contribution is 7.89. The quantitative estimate of drug-likeness (QED) is 0.705. The van der Waals surface area contributed by atoms with Crippen molar-refractivity contribution in [3.63, 3.8) is 0 Å². The number of aromatic nitrogens is 2. The summed E-state index contributed by atoms with van der Waals surface area (Å²) >= 11 is 0. The maximum atomic E-state index is 12.5. The average molecular weight is 368 g/mol. The molecule has 1 amide bonds. The maximum absolute atomic E-state index is 12.5. The van der Waals surface area contributed by atoms with Gasteiger partial charge in [-0.1, -0.05) is 0 Å². The van der Waals surface area contributed by atoms with E-state index in [9.17, 15) is 13.2 Å². The smallest absolute Gasteiger partial charge is 0.287 e. The molecule has 10 heteroatoms. The van der Waals surface area contributed by atoms with Gasteiger partial charge in [-0.25, -0.2) is 13.4 Å². The van der Waals surface area contributed by atoms with Crippen LogP contribution in [0.15, 0.2) is 40.4 Å². The van der Waals surface area contributed by atoms with E-state index in [-0.39, 0.29) is 23.9 Å². The van der Waals surface area contributed by atoms with Crippen molar-refractivity contribution in [3.05, 3.63) is 36.6 Å². The maximum Gasteiger partial charge on any atom is 0.287 e. The molecule has 3 heterocycles. The van der Waals surface area contributed by atoms with Gasteiger partial charge in [0.05, 0.1) is 19.5 Å². The van der Waals surface area contributed by atoms with Crippen LogP contribution >= 0.6 is 0 Å². The zero-order valence-electron chi connectivity index (χ0n) is 13.6. The van der Waals surface area contributed by atoms with E-state index in [1.165, 1.54) is 16.4 Å². The molecular weight excluding hydrogens is 348 g/mol. The van der Waals surface area contributed by atoms with Gasteiger partial charge in [0.2, 0.25) is 5.09 Å². The van der Waals surface area contributed by atoms with Gasteiger partial charge in [-0.2, -0.15) is 4.31 Å². The molecule has 1 fully saturated rings. The largest absolute Gasteiger partial charge is 0.438 e. The van der Waals surface area contributed by atoms with E-state index in [1.807, 2.05) is 10.8 Å². The zero-order chi connectivity index (χ0) is 17.7. The van der Waals surface area contributed by atoms with E-state index in [0.717, 1.165) is 13.0 Å². The van der Waals surface area contributed by atoms with Crippen LogP contribution in [0.25, 0.3) is 0 Å². The summed E-state index contributed by atoms with van der Waals surface area (Å²) in [6.07, 6.45) is 5.97. The second-order valence-corrected chi connectivity index (χ2v) is 7.41. The van der Waals surface area contributed by atoms with Gasteiger partial charge in [-0.3, -0.25) is 4.79 Å². The topological polar surface area (TPSA) is 107 Å². The molecule has 0 bridgehead atoms. The number of furan rings is 1. The predicted octanol–water partition coefficient (Wildman–Crippen LogP) is 0.317. The molecule has 25 heavy (non-hydrogen) atoms. The molecule has 1 N–H and O–H groups in total. The Labute approximate surface area is 145 Å². The van der Waals surface area contributed by atoms with Crippen LogP contribution in [0, 0.1) is 0 Å². The van der Waals surface area contributed by atoms with Crippen molar-refractivity contribution in [2.75, 3.05) is 32.8 Å². The third-order valence-electron chi connectivity index (χ3n) is 3.81. The number of sulfonamides is 1. The van der Waals surface area contributed by atoms with Gasteiger partial charge in [-0.15, -0.1) is 0 Å². The number of hydrogen-bond acceptors (Lipinski definition) is 6. The standard InChI is InChI=1S/C15H20N4O5S/c20-15(17-4-1-6-18-7-5-16-12-18)13-2-3-14(24-13)25(21,22)19-8-10-23-11-9-19/h2-3,5,7,12H,1,4,6,8-11H2,(H,17,20). The van der Waals surface area contributed by atoms with Gasteiger partial charge >= 0.3 is 0 Å². The molecule has 1 aliphatic heterocycles. The number of carbonyl (C=O) groups is 1. The Hall–Kier alpha value is -2.17. The summed E-state index contributed by atoms with van der Waals surface area (Å²) in [5.41, 5.74) is 0. The number of aryl methyl sites for hydroxylation is 1. The van der Waals surface area contributed by atoms with E-state index in [2.05, 4.69) is 10.3 Å². The Morgan fingerprint density at radius 1 is 1.28 bits per heavy atom. The molecule has 0 aromatic carbocycles. The highest BCUT2D eigenvalue weighted by Gasteiger charge is 2.29. The number of ether oxygens (including phenoxy) is 1. The molecule has 0 saturated carbocycles. The van der Waals surface area contributed by atoms with E-state index in [1.54, 1.807) is 12.5 Å². The third-order valence-corrected chi connectivity index (χ3v) is 5.58. The molecule has 3 rings (SSSR count). The van der Waals surface area contributed by atoms with E-state index >= 15 is 0 Å². The molecule has 0 unspecified atom stereocenters. The molecule has 0 radical (unpaired) electrons. The highest BCUT2D eigenvalue weighted by atomic mass is 32.2. The molecule has 0 atom stereocenters. The first-order chi connectivity index (χ1) is 12.1. The predicted molar refractivity (Wildman–Crippen MR) is 87.5 cm³/mol. The van der Waals surface area contributed by atoms with Crippen LogP contribution in [0.2, 0.25) is 0 Å². The van der Waals surface area contributed by atoms with E-state index in [4.69, 9.17) is 9.15 Å². The Bertz CT molecular complexity index is 794. The fourth-order valence-corrected chi connectivity index (χ4v) is 3.78. The lowest BCUT2D eigenvalue weighted by Crippen LogP contribution is -2.40. The van der Waals surface area contributed by atoms with Crippen molar-refractivity contribution in [1.29, 1.82) is 0 Å². The molecule has 1 saturated heterocycles. The molecule has 136 valence electrons. The molecule has 2 aromatic rings. The fourth-order valence-electron chi connectivity index (χ4n) is 2.46. The van der Waals surface area contributed by atoms with Crippen molar-refractivity contribution in [1.82, 2.24) is 19.2 Å². The van der Waals surface area contributed by atoms with Crippen molar-refractivity contribution < 1.29 is 22.4 Å². The van der Waals surface area contributed by atoms with Gasteiger partial charge in [0.15, 0.2) is 5.76 Å². The summed E-state index contributed by atoms with van der Waals surface area (Å²) in [6, 6.07) is 2.68. The molecule has 1 aliphatic rings. The number of rotatable bonds is 7. The fraction of sp³-hybridized carbons (Fsp3) is 0.467. The first-order valence-corrected chi connectivity index (χ1v) is 9.43. The molecule has 0 spiro atoms. The van der Waals surface area contributed by atoms with Crippen molar-refractivity contribution in [2.24, 2.45) is 0 Å². The van der Waals surface area contributed by atoms with Crippen molar-refractivity contribution in [3.8, 4) is 0 Å². The van der Waals surface area contributed by atoms with Crippen LogP contribution in [0.1, 0.15) is 17.0 Å². The minimum absolute atomic E-state index is 0.0190. The Balaban J connectivity index is 1.54. The number of nitrogens with zero attached hydrogens (tertiary/aromatic N) is 3. The minimum Gasteiger partial charge on any atom is -0.438 e. The summed E-state index contributed by atoms with van der Waals surface area (Å²) in [5.74, 6) is -0.455. The van der Waals surface area contributed by atoms with Crippen LogP contribution in [-0.4, -0.2) is 61.0 Å². The summed E-state index contributed by atoms with van der Waals surface area (Å²) in [4.78, 5) is 16.0. The SMILES string of the molecule is O=C(NCCCn1ccnc1)c1ccc(S(=O)(=O)N2CCOCC2)o1. The van der Waals surface area contributed by atoms with Crippen LogP contribution < -0.4 is 5.32 Å². The van der Waals surface area contributed by atoms with Gasteiger partial charge in [0.1, 0.15) is 0 Å². The van der Waals surface area contributed by atoms with Crippen LogP contribution in [-0.2, 0) is 21.3 Å². The summed E-state index contributed by atoms with van der Waals surface area (Å²) in [6.45, 7) is 2.43. The number of amides is 1. The van der Waals surface area contributed by atoms with Crippen LogP contribution in [0.4, 0.5) is 0 Å². The summed E-state index contributed by atoms with van der Waals surface area (Å²) in [5, 5.41) is 2.49. The monoisotopic (exact) mass is 368 g/mol. The first kappa shape index (κ1) is 17.6. The lowest BCUT2D eigenvalue weighted by atomic mass is 10.4. The first-order valence-electron chi connectivity index (χ1n) is 7.99. The Kier molecular flexibility index (Phi) is 5.51. The van der Waals surface area contributed by atoms with E-state index < -0.39 is 15.9 Å². The number of morpholine rings is 1. The average Bonchev–Trinajstić information content (AvgIpc) is 3.31. The summed E-state index contributed by atoms with van der Waals surface area (Å²) in [7, 11) is -3.73. The van der Waals surface area contributed by atoms with Gasteiger partial charge in [-0.05, 0) is 18.6 Å². The van der Waals surface area contributed by atoms with E-state index in [0.29, 0.717) is 19.8 Å². The normalized spacial score (nSPS) is 16.0.